The summed E-state index contributed by atoms with van der Waals surface area (Å²) in [6, 6.07) is 5.08. The standard InChI is InChI=1S/C34H50N6O9S/c1-32(2,3)48-30(43)37(17-18-47-50(10,11)34(7,8)9)14-12-15-38(31(44)49-33(4,5)6)27-13-16-39-28(36-27)26(22-35-39)23-19-24(29(41)42)21-25(20-23)40(45)46/h13,16,19-22H,12,14-15,17-18H2,1-11H3,(H,41,42). The molecule has 0 fully saturated rings. The van der Waals surface area contributed by atoms with E-state index in [1.165, 1.54) is 27.7 Å². The predicted molar refractivity (Wildman–Crippen MR) is 193 cm³/mol. The second kappa shape index (κ2) is 15.2. The molecule has 1 aromatic carbocycles. The van der Waals surface area contributed by atoms with E-state index in [1.54, 1.807) is 58.7 Å². The van der Waals surface area contributed by atoms with Crippen molar-refractivity contribution in [2.24, 2.45) is 0 Å². The highest BCUT2D eigenvalue weighted by Crippen LogP contribution is 2.53. The van der Waals surface area contributed by atoms with E-state index in [1.807, 2.05) is 0 Å². The number of nitrogens with zero attached hydrogens (tertiary/aromatic N) is 6. The normalized spacial score (nSPS) is 12.8. The molecule has 15 nitrogen and oxygen atoms in total. The van der Waals surface area contributed by atoms with Gasteiger partial charge in [-0.1, -0.05) is 20.8 Å². The van der Waals surface area contributed by atoms with Gasteiger partial charge in [0.1, 0.15) is 17.0 Å². The summed E-state index contributed by atoms with van der Waals surface area (Å²) in [5, 5.41) is 25.4. The molecule has 0 saturated carbocycles. The van der Waals surface area contributed by atoms with Crippen LogP contribution in [-0.2, 0) is 13.7 Å². The van der Waals surface area contributed by atoms with Crippen molar-refractivity contribution in [3.63, 3.8) is 0 Å². The molecule has 0 atom stereocenters. The lowest BCUT2D eigenvalue weighted by Crippen LogP contribution is -2.42. The van der Waals surface area contributed by atoms with E-state index >= 15 is 0 Å². The number of ether oxygens (including phenoxy) is 2. The van der Waals surface area contributed by atoms with E-state index < -0.39 is 50.3 Å². The van der Waals surface area contributed by atoms with Gasteiger partial charge in [-0.2, -0.15) is 5.10 Å². The van der Waals surface area contributed by atoms with Gasteiger partial charge in [0.15, 0.2) is 5.65 Å². The zero-order valence-corrected chi connectivity index (χ0v) is 31.6. The van der Waals surface area contributed by atoms with Gasteiger partial charge in [-0.3, -0.25) is 15.0 Å². The highest BCUT2D eigenvalue weighted by molar-refractivity contribution is 8.29. The third-order valence-corrected chi connectivity index (χ3v) is 11.3. The lowest BCUT2D eigenvalue weighted by Gasteiger charge is -2.44. The molecule has 0 aliphatic heterocycles. The van der Waals surface area contributed by atoms with Crippen LogP contribution < -0.4 is 4.90 Å². The summed E-state index contributed by atoms with van der Waals surface area (Å²) in [5.74, 6) is -1.14. The highest BCUT2D eigenvalue weighted by atomic mass is 32.3. The van der Waals surface area contributed by atoms with Crippen molar-refractivity contribution in [1.29, 1.82) is 0 Å². The highest BCUT2D eigenvalue weighted by Gasteiger charge is 2.30. The number of carbonyl (C=O) groups excluding carboxylic acids is 2. The molecule has 2 heterocycles. The number of carboxylic acid groups (broad SMARTS) is 1. The van der Waals surface area contributed by atoms with Crippen molar-refractivity contribution in [3.05, 3.63) is 52.3 Å². The summed E-state index contributed by atoms with van der Waals surface area (Å²) in [5.41, 5.74) is -1.48. The number of aromatic nitrogens is 3. The number of nitro groups is 1. The monoisotopic (exact) mass is 718 g/mol. The Hall–Kier alpha value is -4.44. The van der Waals surface area contributed by atoms with Crippen molar-refractivity contribution in [3.8, 4) is 11.1 Å². The van der Waals surface area contributed by atoms with Crippen molar-refractivity contribution in [2.45, 2.75) is 84.7 Å². The van der Waals surface area contributed by atoms with E-state index in [9.17, 15) is 29.6 Å². The molecule has 3 aromatic rings. The van der Waals surface area contributed by atoms with E-state index in [-0.39, 0.29) is 47.0 Å². The summed E-state index contributed by atoms with van der Waals surface area (Å²) in [6.07, 6.45) is 6.29. The van der Waals surface area contributed by atoms with Crippen LogP contribution in [-0.4, -0.2) is 102 Å². The average molecular weight is 719 g/mol. The van der Waals surface area contributed by atoms with Gasteiger partial charge in [-0.25, -0.2) is 23.9 Å². The minimum Gasteiger partial charge on any atom is -0.478 e. The number of hydrogen-bond donors (Lipinski definition) is 1. The molecule has 1 N–H and O–H groups in total. The number of aromatic carboxylic acids is 1. The van der Waals surface area contributed by atoms with Gasteiger partial charge >= 0.3 is 18.2 Å². The van der Waals surface area contributed by atoms with Gasteiger partial charge in [-0.15, -0.1) is 10.3 Å². The topological polar surface area (TPSA) is 179 Å². The van der Waals surface area contributed by atoms with Crippen LogP contribution in [0.1, 0.15) is 79.1 Å². The number of rotatable bonds is 12. The van der Waals surface area contributed by atoms with Gasteiger partial charge in [0, 0.05) is 48.3 Å². The van der Waals surface area contributed by atoms with E-state index in [0.29, 0.717) is 18.6 Å². The Morgan fingerprint density at radius 2 is 1.56 bits per heavy atom. The first-order chi connectivity index (χ1) is 22.9. The van der Waals surface area contributed by atoms with E-state index in [0.717, 1.165) is 6.07 Å². The third kappa shape index (κ3) is 10.8. The molecular weight excluding hydrogens is 668 g/mol. The molecule has 0 aliphatic carbocycles. The molecule has 0 bridgehead atoms. The van der Waals surface area contributed by atoms with Crippen LogP contribution in [0.25, 0.3) is 16.8 Å². The SMILES string of the molecule is CC(C)(C)OC(=O)N(CCCN(C(=O)OC(C)(C)C)c1ccn2ncc(-c3cc(C(=O)O)cc([N+](=O)[O-])c3)c2n1)CCOS(C)(C)C(C)(C)C. The maximum Gasteiger partial charge on any atom is 0.416 e. The molecule has 276 valence electrons. The molecular formula is C34H50N6O9S. The summed E-state index contributed by atoms with van der Waals surface area (Å²) in [7, 11) is -1.43. The summed E-state index contributed by atoms with van der Waals surface area (Å²) >= 11 is 0. The Bertz CT molecular complexity index is 1690. The molecule has 2 amide bonds. The first-order valence-electron chi connectivity index (χ1n) is 16.1. The first kappa shape index (κ1) is 40.0. The Balaban J connectivity index is 1.95. The number of carbonyl (C=O) groups is 3. The fourth-order valence-electron chi connectivity index (χ4n) is 4.40. The summed E-state index contributed by atoms with van der Waals surface area (Å²) in [4.78, 5) is 57.0. The minimum absolute atomic E-state index is 0.0606. The van der Waals surface area contributed by atoms with Gasteiger partial charge in [0.05, 0.1) is 23.3 Å². The van der Waals surface area contributed by atoms with Crippen LogP contribution in [0.5, 0.6) is 0 Å². The lowest BCUT2D eigenvalue weighted by molar-refractivity contribution is -0.384. The fraction of sp³-hybridized carbons (Fsp3) is 0.559. The Morgan fingerprint density at radius 1 is 0.940 bits per heavy atom. The largest absolute Gasteiger partial charge is 0.478 e. The molecule has 0 saturated heterocycles. The second-order valence-corrected chi connectivity index (χ2v) is 19.0. The number of nitro benzene ring substituents is 1. The van der Waals surface area contributed by atoms with E-state index in [2.05, 4.69) is 43.4 Å². The van der Waals surface area contributed by atoms with Crippen LogP contribution in [0, 0.1) is 10.1 Å². The molecule has 0 unspecified atom stereocenters. The number of carboxylic acids is 1. The maximum atomic E-state index is 13.6. The van der Waals surface area contributed by atoms with Crippen LogP contribution in [0.3, 0.4) is 0 Å². The lowest BCUT2D eigenvalue weighted by atomic mass is 10.0. The van der Waals surface area contributed by atoms with Gasteiger partial charge < -0.3 is 23.7 Å². The Kier molecular flexibility index (Phi) is 12.2. The predicted octanol–water partition coefficient (Wildman–Crippen LogP) is 7.17. The molecule has 0 spiro atoms. The second-order valence-electron chi connectivity index (χ2n) is 15.1. The van der Waals surface area contributed by atoms with Crippen LogP contribution in [0.2, 0.25) is 0 Å². The van der Waals surface area contributed by atoms with Crippen LogP contribution >= 0.6 is 10.3 Å². The Labute approximate surface area is 294 Å². The number of hydrogen-bond acceptors (Lipinski definition) is 10. The molecule has 0 radical (unpaired) electrons. The third-order valence-electron chi connectivity index (χ3n) is 7.61. The van der Waals surface area contributed by atoms with Gasteiger partial charge in [0.2, 0.25) is 0 Å². The molecule has 2 aromatic heterocycles. The number of fused-ring (bicyclic) bond motifs is 1. The number of benzene rings is 1. The molecule has 16 heteroatoms. The minimum atomic E-state index is -1.43. The van der Waals surface area contributed by atoms with E-state index in [4.69, 9.17) is 13.7 Å². The number of non-ortho nitro benzene ring substituents is 1. The van der Waals surface area contributed by atoms with Crippen molar-refractivity contribution < 1.29 is 38.1 Å². The van der Waals surface area contributed by atoms with Gasteiger partial charge in [0.25, 0.3) is 5.69 Å². The summed E-state index contributed by atoms with van der Waals surface area (Å²) < 4.78 is 19.0. The van der Waals surface area contributed by atoms with Gasteiger partial charge in [-0.05, 0) is 78.2 Å². The first-order valence-corrected chi connectivity index (χ1v) is 18.5. The van der Waals surface area contributed by atoms with Crippen molar-refractivity contribution in [1.82, 2.24) is 19.5 Å². The van der Waals surface area contributed by atoms with Crippen LogP contribution in [0.15, 0.2) is 36.7 Å². The smallest absolute Gasteiger partial charge is 0.416 e. The zero-order chi connectivity index (χ0) is 37.8. The quantitative estimate of drug-likeness (QED) is 0.148. The van der Waals surface area contributed by atoms with Crippen molar-refractivity contribution >= 4 is 45.6 Å². The maximum absolute atomic E-state index is 13.6. The molecule has 0 aliphatic rings. The van der Waals surface area contributed by atoms with Crippen LogP contribution in [0.4, 0.5) is 21.1 Å². The fourth-order valence-corrected chi connectivity index (χ4v) is 5.24. The van der Waals surface area contributed by atoms with Crippen molar-refractivity contribution in [2.75, 3.05) is 43.7 Å². The molecule has 50 heavy (non-hydrogen) atoms. The number of amides is 2. The molecule has 3 rings (SSSR count). The number of anilines is 1. The average Bonchev–Trinajstić information content (AvgIpc) is 3.39. The Morgan fingerprint density at radius 3 is 2.12 bits per heavy atom. The zero-order valence-electron chi connectivity index (χ0n) is 30.8. The summed E-state index contributed by atoms with van der Waals surface area (Å²) in [6.45, 7) is 17.9.